The molecule has 0 bridgehead atoms. The van der Waals surface area contributed by atoms with Crippen molar-refractivity contribution in [3.05, 3.63) is 65.2 Å². The van der Waals surface area contributed by atoms with Crippen molar-refractivity contribution in [1.29, 1.82) is 0 Å². The van der Waals surface area contributed by atoms with Crippen molar-refractivity contribution in [2.24, 2.45) is 0 Å². The third-order valence-electron chi connectivity index (χ3n) is 5.25. The van der Waals surface area contributed by atoms with Crippen LogP contribution in [0.2, 0.25) is 0 Å². The Morgan fingerprint density at radius 2 is 1.88 bits per heavy atom. The Balaban J connectivity index is 1.70. The zero-order valence-corrected chi connectivity index (χ0v) is 18.9. The van der Waals surface area contributed by atoms with Gasteiger partial charge in [0.05, 0.1) is 25.9 Å². The Morgan fingerprint density at radius 1 is 1.15 bits per heavy atom. The predicted octanol–water partition coefficient (Wildman–Crippen LogP) is 4.20. The van der Waals surface area contributed by atoms with E-state index in [2.05, 4.69) is 15.0 Å². The van der Waals surface area contributed by atoms with Gasteiger partial charge in [0.1, 0.15) is 0 Å². The van der Waals surface area contributed by atoms with E-state index in [1.165, 1.54) is 12.1 Å². The van der Waals surface area contributed by atoms with Gasteiger partial charge in [-0.3, -0.25) is 9.69 Å². The van der Waals surface area contributed by atoms with Gasteiger partial charge in [0, 0.05) is 25.7 Å². The van der Waals surface area contributed by atoms with Crippen LogP contribution < -0.4 is 14.8 Å². The number of benzene rings is 2. The number of rotatable bonds is 10. The molecule has 6 nitrogen and oxygen atoms in total. The largest absolute Gasteiger partial charge is 0.490 e. The average molecular weight is 461 g/mol. The Kier molecular flexibility index (Phi) is 9.21. The molecule has 2 aromatic rings. The molecule has 8 heteroatoms. The maximum absolute atomic E-state index is 12.7. The van der Waals surface area contributed by atoms with Crippen molar-refractivity contribution in [3.8, 4) is 11.5 Å². The molecule has 1 unspecified atom stereocenters. The summed E-state index contributed by atoms with van der Waals surface area (Å²) in [4.78, 5) is 15.0. The van der Waals surface area contributed by atoms with Gasteiger partial charge in [0.15, 0.2) is 11.5 Å². The van der Waals surface area contributed by atoms with Crippen LogP contribution in [0.25, 0.3) is 6.08 Å². The fourth-order valence-electron chi connectivity index (χ4n) is 3.56. The molecular weight excluding hydrogens is 430 g/mol. The van der Waals surface area contributed by atoms with Crippen molar-refractivity contribution < 1.29 is 27.8 Å². The predicted molar refractivity (Wildman–Crippen MR) is 123 cm³/mol. The summed E-state index contributed by atoms with van der Waals surface area (Å²) in [6.07, 6.45) is 3.05. The number of hydrogen-bond acceptors (Lipinski definition) is 5. The lowest BCUT2D eigenvalue weighted by Gasteiger charge is -2.31. The topological polar surface area (TPSA) is 60.0 Å². The normalized spacial score (nSPS) is 15.5. The first-order chi connectivity index (χ1) is 15.9. The summed E-state index contributed by atoms with van der Waals surface area (Å²) in [5.41, 5.74) is 2.82. The van der Waals surface area contributed by atoms with Crippen LogP contribution in [0.4, 0.5) is 8.78 Å². The fourth-order valence-corrected chi connectivity index (χ4v) is 3.56. The van der Waals surface area contributed by atoms with Gasteiger partial charge in [-0.25, -0.2) is 0 Å². The molecule has 1 N–H and O–H groups in total. The quantitative estimate of drug-likeness (QED) is 0.539. The van der Waals surface area contributed by atoms with Crippen LogP contribution in [0, 0.1) is 6.92 Å². The number of aryl methyl sites for hydroxylation is 1. The van der Waals surface area contributed by atoms with Crippen molar-refractivity contribution in [2.45, 2.75) is 26.5 Å². The highest BCUT2D eigenvalue weighted by Crippen LogP contribution is 2.30. The van der Waals surface area contributed by atoms with E-state index in [9.17, 15) is 13.6 Å². The Hall–Kier alpha value is -2.97. The third kappa shape index (κ3) is 7.83. The number of alkyl halides is 2. The second kappa shape index (κ2) is 12.3. The zero-order valence-electron chi connectivity index (χ0n) is 18.9. The highest BCUT2D eigenvalue weighted by Gasteiger charge is 2.19. The van der Waals surface area contributed by atoms with Crippen molar-refractivity contribution in [2.75, 3.05) is 39.5 Å². The van der Waals surface area contributed by atoms with Gasteiger partial charge in [0.25, 0.3) is 0 Å². The van der Waals surface area contributed by atoms with E-state index >= 15 is 0 Å². The van der Waals surface area contributed by atoms with Gasteiger partial charge in [-0.2, -0.15) is 8.78 Å². The molecule has 0 aliphatic carbocycles. The van der Waals surface area contributed by atoms with Crippen LogP contribution in [-0.4, -0.2) is 56.9 Å². The smallest absolute Gasteiger partial charge is 0.387 e. The highest BCUT2D eigenvalue weighted by atomic mass is 19.3. The van der Waals surface area contributed by atoms with E-state index in [1.807, 2.05) is 31.2 Å². The molecule has 33 heavy (non-hydrogen) atoms. The standard InChI is InChI=1S/C25H30F2N2O4/c1-3-32-23-16-19(6-10-22(23)33-25(26)27)7-11-24(30)28-21(17-29-12-14-31-15-13-29)20-8-4-18(2)5-9-20/h4-11,16,21,25H,3,12-15,17H2,1-2H3,(H,28,30)/b11-7+. The monoisotopic (exact) mass is 460 g/mol. The van der Waals surface area contributed by atoms with Gasteiger partial charge in [-0.05, 0) is 43.2 Å². The lowest BCUT2D eigenvalue weighted by Crippen LogP contribution is -2.42. The molecule has 3 rings (SSSR count). The summed E-state index contributed by atoms with van der Waals surface area (Å²) in [6.45, 7) is 4.82. The molecular formula is C25H30F2N2O4. The minimum Gasteiger partial charge on any atom is -0.490 e. The minimum atomic E-state index is -2.94. The molecule has 1 aliphatic rings. The Bertz CT molecular complexity index is 929. The molecule has 1 fully saturated rings. The van der Waals surface area contributed by atoms with Crippen LogP contribution in [0.1, 0.15) is 29.7 Å². The van der Waals surface area contributed by atoms with Gasteiger partial charge >= 0.3 is 6.61 Å². The summed E-state index contributed by atoms with van der Waals surface area (Å²) in [6, 6.07) is 12.5. The molecule has 1 amide bonds. The van der Waals surface area contributed by atoms with E-state index in [0.29, 0.717) is 31.9 Å². The molecule has 0 radical (unpaired) electrons. The van der Waals surface area contributed by atoms with Gasteiger partial charge in [-0.15, -0.1) is 0 Å². The molecule has 0 aromatic heterocycles. The lowest BCUT2D eigenvalue weighted by molar-refractivity contribution is -0.117. The van der Waals surface area contributed by atoms with Crippen molar-refractivity contribution in [3.63, 3.8) is 0 Å². The molecule has 0 spiro atoms. The fraction of sp³-hybridized carbons (Fsp3) is 0.400. The van der Waals surface area contributed by atoms with Crippen LogP contribution in [0.3, 0.4) is 0 Å². The second-order valence-electron chi connectivity index (χ2n) is 7.74. The number of carbonyl (C=O) groups is 1. The number of carbonyl (C=O) groups excluding carboxylic acids is 1. The summed E-state index contributed by atoms with van der Waals surface area (Å²) < 4.78 is 40.5. The number of hydrogen-bond donors (Lipinski definition) is 1. The number of halogens is 2. The first-order valence-corrected chi connectivity index (χ1v) is 11.0. The van der Waals surface area contributed by atoms with Crippen LogP contribution in [0.5, 0.6) is 11.5 Å². The van der Waals surface area contributed by atoms with E-state index < -0.39 is 6.61 Å². The molecule has 1 heterocycles. The third-order valence-corrected chi connectivity index (χ3v) is 5.25. The molecule has 0 saturated carbocycles. The van der Waals surface area contributed by atoms with E-state index in [1.54, 1.807) is 25.1 Å². The first-order valence-electron chi connectivity index (χ1n) is 11.0. The number of amides is 1. The molecule has 2 aromatic carbocycles. The maximum atomic E-state index is 12.7. The van der Waals surface area contributed by atoms with E-state index in [-0.39, 0.29) is 23.4 Å². The molecule has 1 saturated heterocycles. The number of nitrogens with zero attached hydrogens (tertiary/aromatic N) is 1. The summed E-state index contributed by atoms with van der Waals surface area (Å²) in [5, 5.41) is 3.08. The summed E-state index contributed by atoms with van der Waals surface area (Å²) >= 11 is 0. The maximum Gasteiger partial charge on any atom is 0.387 e. The average Bonchev–Trinajstić information content (AvgIpc) is 2.80. The number of ether oxygens (including phenoxy) is 3. The first kappa shape index (κ1) is 24.7. The Morgan fingerprint density at radius 3 is 2.55 bits per heavy atom. The lowest BCUT2D eigenvalue weighted by atomic mass is 10.0. The van der Waals surface area contributed by atoms with Crippen molar-refractivity contribution in [1.82, 2.24) is 10.2 Å². The second-order valence-corrected chi connectivity index (χ2v) is 7.74. The highest BCUT2D eigenvalue weighted by molar-refractivity contribution is 5.92. The Labute approximate surface area is 193 Å². The minimum absolute atomic E-state index is 0.0432. The van der Waals surface area contributed by atoms with Crippen LogP contribution in [0.15, 0.2) is 48.5 Å². The van der Waals surface area contributed by atoms with Gasteiger partial charge in [0.2, 0.25) is 5.91 Å². The SMILES string of the molecule is CCOc1cc(/C=C/C(=O)NC(CN2CCOCC2)c2ccc(C)cc2)ccc1OC(F)F. The van der Waals surface area contributed by atoms with Crippen LogP contribution >= 0.6 is 0 Å². The zero-order chi connectivity index (χ0) is 23.6. The van der Waals surface area contributed by atoms with Gasteiger partial charge < -0.3 is 19.5 Å². The van der Waals surface area contributed by atoms with Crippen LogP contribution in [-0.2, 0) is 9.53 Å². The summed E-state index contributed by atoms with van der Waals surface area (Å²) in [5.74, 6) is -0.0942. The van der Waals surface area contributed by atoms with E-state index in [0.717, 1.165) is 24.2 Å². The molecule has 1 atom stereocenters. The molecule has 1 aliphatic heterocycles. The molecule has 178 valence electrons. The van der Waals surface area contributed by atoms with E-state index in [4.69, 9.17) is 9.47 Å². The van der Waals surface area contributed by atoms with Gasteiger partial charge in [-0.1, -0.05) is 35.9 Å². The number of morpholine rings is 1. The number of nitrogens with one attached hydrogen (secondary N) is 1. The van der Waals surface area contributed by atoms with Crippen molar-refractivity contribution >= 4 is 12.0 Å². The summed E-state index contributed by atoms with van der Waals surface area (Å²) in [7, 11) is 0.